The number of nitrogens with zero attached hydrogens (tertiary/aromatic N) is 1. The highest BCUT2D eigenvalue weighted by Gasteiger charge is 2.00. The molecule has 110 valence electrons. The van der Waals surface area contributed by atoms with Gasteiger partial charge in [-0.15, -0.1) is 0 Å². The van der Waals surface area contributed by atoms with Gasteiger partial charge >= 0.3 is 0 Å². The normalized spacial score (nSPS) is 10.3. The Morgan fingerprint density at radius 3 is 2.40 bits per heavy atom. The maximum Gasteiger partial charge on any atom is 0.187 e. The van der Waals surface area contributed by atoms with Crippen LogP contribution in [0, 0.1) is 0 Å². The van der Waals surface area contributed by atoms with Crippen LogP contribution in [0.4, 0.5) is 0 Å². The molecule has 0 atom stereocenters. The van der Waals surface area contributed by atoms with Gasteiger partial charge in [-0.2, -0.15) is 5.10 Å². The SMILES string of the molecule is COCCNC(=S)NN=Cc1cc(OC)cc(OC)c1. The van der Waals surface area contributed by atoms with Crippen molar-refractivity contribution in [1.29, 1.82) is 0 Å². The standard InChI is InChI=1S/C13H19N3O3S/c1-17-5-4-14-13(20)16-15-9-10-6-11(18-2)8-12(7-10)19-3/h6-9H,4-5H2,1-3H3,(H2,14,16,20). The van der Waals surface area contributed by atoms with Gasteiger partial charge in [0.25, 0.3) is 0 Å². The molecular weight excluding hydrogens is 278 g/mol. The number of hydrogen-bond donors (Lipinski definition) is 2. The lowest BCUT2D eigenvalue weighted by atomic mass is 10.2. The summed E-state index contributed by atoms with van der Waals surface area (Å²) < 4.78 is 15.3. The second kappa shape index (κ2) is 9.11. The van der Waals surface area contributed by atoms with E-state index in [0.29, 0.717) is 29.8 Å². The van der Waals surface area contributed by atoms with Crippen LogP contribution in [0.2, 0.25) is 0 Å². The quantitative estimate of drug-likeness (QED) is 0.341. The molecule has 0 heterocycles. The first kappa shape index (κ1) is 16.2. The Hall–Kier alpha value is -1.86. The first-order valence-electron chi connectivity index (χ1n) is 5.98. The van der Waals surface area contributed by atoms with E-state index in [-0.39, 0.29) is 0 Å². The van der Waals surface area contributed by atoms with Crippen molar-refractivity contribution in [3.8, 4) is 11.5 Å². The van der Waals surface area contributed by atoms with Crippen molar-refractivity contribution in [2.75, 3.05) is 34.5 Å². The molecule has 0 aliphatic heterocycles. The molecule has 2 N–H and O–H groups in total. The van der Waals surface area contributed by atoms with E-state index in [1.54, 1.807) is 33.6 Å². The van der Waals surface area contributed by atoms with E-state index in [2.05, 4.69) is 15.8 Å². The molecule has 0 fully saturated rings. The molecule has 1 aromatic rings. The van der Waals surface area contributed by atoms with Crippen molar-refractivity contribution in [3.63, 3.8) is 0 Å². The average molecular weight is 297 g/mol. The molecule has 0 radical (unpaired) electrons. The van der Waals surface area contributed by atoms with Gasteiger partial charge in [0.2, 0.25) is 0 Å². The number of benzene rings is 1. The summed E-state index contributed by atoms with van der Waals surface area (Å²) in [7, 11) is 4.83. The van der Waals surface area contributed by atoms with E-state index < -0.39 is 0 Å². The Morgan fingerprint density at radius 1 is 1.20 bits per heavy atom. The molecule has 0 aliphatic rings. The number of ether oxygens (including phenoxy) is 3. The molecule has 1 aromatic carbocycles. The van der Waals surface area contributed by atoms with E-state index >= 15 is 0 Å². The van der Waals surface area contributed by atoms with Crippen LogP contribution in [-0.4, -0.2) is 45.8 Å². The summed E-state index contributed by atoms with van der Waals surface area (Å²) in [5, 5.41) is 7.43. The van der Waals surface area contributed by atoms with Crippen LogP contribution >= 0.6 is 12.2 Å². The van der Waals surface area contributed by atoms with Gasteiger partial charge < -0.3 is 19.5 Å². The van der Waals surface area contributed by atoms with Crippen LogP contribution in [0.25, 0.3) is 0 Å². The third-order valence-corrected chi connectivity index (χ3v) is 2.58. The molecule has 0 aliphatic carbocycles. The van der Waals surface area contributed by atoms with E-state index in [9.17, 15) is 0 Å². The molecule has 7 heteroatoms. The second-order valence-electron chi connectivity index (χ2n) is 3.76. The second-order valence-corrected chi connectivity index (χ2v) is 4.17. The van der Waals surface area contributed by atoms with Crippen LogP contribution in [0.15, 0.2) is 23.3 Å². The largest absolute Gasteiger partial charge is 0.497 e. The van der Waals surface area contributed by atoms with Gasteiger partial charge in [0.15, 0.2) is 5.11 Å². The fourth-order valence-electron chi connectivity index (χ4n) is 1.38. The van der Waals surface area contributed by atoms with Gasteiger partial charge in [0.05, 0.1) is 27.0 Å². The fraction of sp³-hybridized carbons (Fsp3) is 0.385. The summed E-state index contributed by atoms with van der Waals surface area (Å²) in [5.41, 5.74) is 3.56. The lowest BCUT2D eigenvalue weighted by Crippen LogP contribution is -2.34. The molecule has 6 nitrogen and oxygen atoms in total. The highest BCUT2D eigenvalue weighted by Crippen LogP contribution is 2.21. The van der Waals surface area contributed by atoms with Gasteiger partial charge in [0, 0.05) is 25.3 Å². The number of hydrogen-bond acceptors (Lipinski definition) is 5. The maximum absolute atomic E-state index is 5.18. The number of methoxy groups -OCH3 is 3. The van der Waals surface area contributed by atoms with Gasteiger partial charge in [-0.05, 0) is 24.4 Å². The van der Waals surface area contributed by atoms with Crippen LogP contribution in [0.5, 0.6) is 11.5 Å². The van der Waals surface area contributed by atoms with Crippen LogP contribution in [0.3, 0.4) is 0 Å². The molecule has 0 unspecified atom stereocenters. The minimum Gasteiger partial charge on any atom is -0.497 e. The van der Waals surface area contributed by atoms with E-state index in [1.165, 1.54) is 0 Å². The Kier molecular flexibility index (Phi) is 7.38. The summed E-state index contributed by atoms with van der Waals surface area (Å²) >= 11 is 5.04. The predicted octanol–water partition coefficient (Wildman–Crippen LogP) is 1.15. The molecular formula is C13H19N3O3S. The summed E-state index contributed by atoms with van der Waals surface area (Å²) in [4.78, 5) is 0. The van der Waals surface area contributed by atoms with Crippen molar-refractivity contribution in [2.24, 2.45) is 5.10 Å². The summed E-state index contributed by atoms with van der Waals surface area (Å²) in [6, 6.07) is 5.48. The highest BCUT2D eigenvalue weighted by atomic mass is 32.1. The van der Waals surface area contributed by atoms with Crippen LogP contribution in [-0.2, 0) is 4.74 Å². The first-order valence-corrected chi connectivity index (χ1v) is 6.39. The smallest absolute Gasteiger partial charge is 0.187 e. The van der Waals surface area contributed by atoms with Crippen molar-refractivity contribution >= 4 is 23.5 Å². The number of rotatable bonds is 7. The maximum atomic E-state index is 5.18. The molecule has 0 spiro atoms. The predicted molar refractivity (Wildman–Crippen MR) is 82.8 cm³/mol. The molecule has 20 heavy (non-hydrogen) atoms. The van der Waals surface area contributed by atoms with Crippen molar-refractivity contribution in [2.45, 2.75) is 0 Å². The zero-order valence-corrected chi connectivity index (χ0v) is 12.6. The average Bonchev–Trinajstić information content (AvgIpc) is 2.47. The van der Waals surface area contributed by atoms with Gasteiger partial charge in [-0.25, -0.2) is 0 Å². The van der Waals surface area contributed by atoms with Crippen LogP contribution < -0.4 is 20.2 Å². The third kappa shape index (κ3) is 5.85. The van der Waals surface area contributed by atoms with Crippen molar-refractivity contribution in [3.05, 3.63) is 23.8 Å². The van der Waals surface area contributed by atoms with Crippen molar-refractivity contribution < 1.29 is 14.2 Å². The topological polar surface area (TPSA) is 64.1 Å². The number of nitrogens with one attached hydrogen (secondary N) is 2. The Morgan fingerprint density at radius 2 is 1.85 bits per heavy atom. The lowest BCUT2D eigenvalue weighted by molar-refractivity contribution is 0.204. The molecule has 0 aromatic heterocycles. The number of thiocarbonyl (C=S) groups is 1. The fourth-order valence-corrected chi connectivity index (χ4v) is 1.53. The van der Waals surface area contributed by atoms with Crippen LogP contribution in [0.1, 0.15) is 5.56 Å². The van der Waals surface area contributed by atoms with E-state index in [4.69, 9.17) is 26.4 Å². The molecule has 0 bridgehead atoms. The zero-order chi connectivity index (χ0) is 14.8. The Labute approximate surface area is 124 Å². The minimum atomic E-state index is 0.438. The molecule has 0 saturated carbocycles. The zero-order valence-electron chi connectivity index (χ0n) is 11.8. The third-order valence-electron chi connectivity index (χ3n) is 2.35. The van der Waals surface area contributed by atoms with Gasteiger partial charge in [-0.3, -0.25) is 5.43 Å². The Bertz CT molecular complexity index is 444. The molecule has 1 rings (SSSR count). The number of hydrazone groups is 1. The Balaban J connectivity index is 2.54. The van der Waals surface area contributed by atoms with Gasteiger partial charge in [-0.1, -0.05) is 0 Å². The molecule has 0 amide bonds. The van der Waals surface area contributed by atoms with Crippen molar-refractivity contribution in [1.82, 2.24) is 10.7 Å². The van der Waals surface area contributed by atoms with E-state index in [0.717, 1.165) is 5.56 Å². The molecule has 0 saturated heterocycles. The lowest BCUT2D eigenvalue weighted by Gasteiger charge is -2.07. The summed E-state index contributed by atoms with van der Waals surface area (Å²) in [6.07, 6.45) is 1.63. The monoisotopic (exact) mass is 297 g/mol. The first-order chi connectivity index (χ1) is 9.69. The van der Waals surface area contributed by atoms with Gasteiger partial charge in [0.1, 0.15) is 11.5 Å². The summed E-state index contributed by atoms with van der Waals surface area (Å²) in [6.45, 7) is 1.21. The highest BCUT2D eigenvalue weighted by molar-refractivity contribution is 7.80. The summed E-state index contributed by atoms with van der Waals surface area (Å²) in [5.74, 6) is 1.40. The minimum absolute atomic E-state index is 0.438. The van der Waals surface area contributed by atoms with E-state index in [1.807, 2.05) is 12.1 Å².